The number of aliphatic imine (C=N–C) groups is 1. The average molecular weight is 349 g/mol. The van der Waals surface area contributed by atoms with Crippen LogP contribution in [0.1, 0.15) is 25.3 Å². The van der Waals surface area contributed by atoms with Crippen LogP contribution in [0.4, 0.5) is 0 Å². The molecule has 140 valence electrons. The molecule has 1 unspecified atom stereocenters. The van der Waals surface area contributed by atoms with Crippen LogP contribution in [0.15, 0.2) is 29.3 Å². The summed E-state index contributed by atoms with van der Waals surface area (Å²) in [6.45, 7) is 4.89. The molecule has 6 heteroatoms. The molecule has 0 saturated heterocycles. The Morgan fingerprint density at radius 1 is 1.40 bits per heavy atom. The van der Waals surface area contributed by atoms with Gasteiger partial charge in [0.05, 0.1) is 26.4 Å². The number of benzene rings is 1. The number of aliphatic hydroxyl groups excluding tert-OH is 1. The topological polar surface area (TPSA) is 66.3 Å². The van der Waals surface area contributed by atoms with Gasteiger partial charge in [-0.3, -0.25) is 4.99 Å². The van der Waals surface area contributed by atoms with Gasteiger partial charge in [-0.05, 0) is 31.7 Å². The smallest absolute Gasteiger partial charge is 0.194 e. The molecule has 1 aromatic carbocycles. The van der Waals surface area contributed by atoms with Gasteiger partial charge in [0.2, 0.25) is 0 Å². The van der Waals surface area contributed by atoms with Crippen LogP contribution in [0.3, 0.4) is 0 Å². The highest BCUT2D eigenvalue weighted by Crippen LogP contribution is 2.28. The molecule has 0 spiro atoms. The van der Waals surface area contributed by atoms with E-state index in [0.29, 0.717) is 25.6 Å². The predicted molar refractivity (Wildman–Crippen MR) is 100.0 cm³/mol. The van der Waals surface area contributed by atoms with Crippen molar-refractivity contribution in [1.29, 1.82) is 0 Å². The molecule has 2 N–H and O–H groups in total. The Labute approximate surface area is 150 Å². The molecule has 1 fully saturated rings. The van der Waals surface area contributed by atoms with E-state index in [2.05, 4.69) is 10.3 Å². The van der Waals surface area contributed by atoms with Gasteiger partial charge in [-0.2, -0.15) is 0 Å². The van der Waals surface area contributed by atoms with Crippen LogP contribution in [0.25, 0.3) is 0 Å². The Bertz CT molecular complexity index is 546. The third kappa shape index (κ3) is 6.92. The van der Waals surface area contributed by atoms with Gasteiger partial charge in [0.15, 0.2) is 5.96 Å². The lowest BCUT2D eigenvalue weighted by Crippen LogP contribution is -2.39. The zero-order chi connectivity index (χ0) is 18.1. The molecule has 1 atom stereocenters. The van der Waals surface area contributed by atoms with Crippen LogP contribution in [0, 0.1) is 5.92 Å². The molecule has 0 heterocycles. The van der Waals surface area contributed by atoms with Gasteiger partial charge in [-0.15, -0.1) is 0 Å². The number of guanidine groups is 1. The Balaban J connectivity index is 1.87. The second-order valence-electron chi connectivity index (χ2n) is 6.50. The van der Waals surface area contributed by atoms with E-state index in [9.17, 15) is 5.11 Å². The maximum Gasteiger partial charge on any atom is 0.194 e. The number of nitrogens with zero attached hydrogens (tertiary/aromatic N) is 2. The Kier molecular flexibility index (Phi) is 8.01. The number of aliphatic hydroxyl groups is 1. The molecule has 1 saturated carbocycles. The zero-order valence-corrected chi connectivity index (χ0v) is 15.6. The van der Waals surface area contributed by atoms with Crippen molar-refractivity contribution >= 4 is 5.96 Å². The molecule has 1 aliphatic rings. The Morgan fingerprint density at radius 3 is 2.84 bits per heavy atom. The van der Waals surface area contributed by atoms with Gasteiger partial charge < -0.3 is 24.8 Å². The highest BCUT2D eigenvalue weighted by atomic mass is 16.5. The van der Waals surface area contributed by atoms with Crippen molar-refractivity contribution in [1.82, 2.24) is 10.2 Å². The summed E-state index contributed by atoms with van der Waals surface area (Å²) in [7, 11) is 3.65. The quantitative estimate of drug-likeness (QED) is 0.499. The fraction of sp³-hybridized carbons (Fsp3) is 0.632. The van der Waals surface area contributed by atoms with E-state index < -0.39 is 6.10 Å². The maximum absolute atomic E-state index is 10.1. The maximum atomic E-state index is 10.1. The van der Waals surface area contributed by atoms with E-state index in [1.165, 1.54) is 12.8 Å². The molecule has 0 radical (unpaired) electrons. The highest BCUT2D eigenvalue weighted by Gasteiger charge is 2.21. The lowest BCUT2D eigenvalue weighted by molar-refractivity contribution is 0.0367. The van der Waals surface area contributed by atoms with Crippen LogP contribution < -0.4 is 10.1 Å². The van der Waals surface area contributed by atoms with Gasteiger partial charge in [0, 0.05) is 32.3 Å². The first-order valence-electron chi connectivity index (χ1n) is 9.01. The van der Waals surface area contributed by atoms with Crippen molar-refractivity contribution in [2.24, 2.45) is 10.9 Å². The van der Waals surface area contributed by atoms with Crippen LogP contribution in [-0.4, -0.2) is 62.5 Å². The molecule has 25 heavy (non-hydrogen) atoms. The van der Waals surface area contributed by atoms with E-state index in [4.69, 9.17) is 9.47 Å². The second kappa shape index (κ2) is 10.3. The first-order chi connectivity index (χ1) is 12.1. The van der Waals surface area contributed by atoms with E-state index >= 15 is 0 Å². The second-order valence-corrected chi connectivity index (χ2v) is 6.50. The molecule has 1 aliphatic carbocycles. The molecular weight excluding hydrogens is 318 g/mol. The number of rotatable bonds is 10. The van der Waals surface area contributed by atoms with Crippen LogP contribution >= 0.6 is 0 Å². The summed E-state index contributed by atoms with van der Waals surface area (Å²) in [5.74, 6) is 2.33. The van der Waals surface area contributed by atoms with Gasteiger partial charge in [0.25, 0.3) is 0 Å². The molecule has 0 amide bonds. The van der Waals surface area contributed by atoms with Crippen LogP contribution in [0.2, 0.25) is 0 Å². The molecule has 0 bridgehead atoms. The average Bonchev–Trinajstić information content (AvgIpc) is 3.43. The summed E-state index contributed by atoms with van der Waals surface area (Å²) < 4.78 is 10.9. The minimum atomic E-state index is -0.577. The number of nitrogens with one attached hydrogen (secondary N) is 1. The summed E-state index contributed by atoms with van der Waals surface area (Å²) in [5, 5.41) is 13.3. The van der Waals surface area contributed by atoms with Crippen molar-refractivity contribution in [3.05, 3.63) is 29.8 Å². The van der Waals surface area contributed by atoms with E-state index in [-0.39, 0.29) is 0 Å². The molecule has 1 aromatic rings. The van der Waals surface area contributed by atoms with Crippen molar-refractivity contribution in [2.75, 3.05) is 40.5 Å². The normalized spacial score (nSPS) is 15.8. The molecular formula is C19H31N3O3. The monoisotopic (exact) mass is 349 g/mol. The summed E-state index contributed by atoms with van der Waals surface area (Å²) in [5.41, 5.74) is 1.09. The van der Waals surface area contributed by atoms with E-state index in [0.717, 1.165) is 30.4 Å². The lowest BCUT2D eigenvalue weighted by Gasteiger charge is -2.23. The van der Waals surface area contributed by atoms with Crippen molar-refractivity contribution < 1.29 is 14.6 Å². The summed E-state index contributed by atoms with van der Waals surface area (Å²) in [6, 6.07) is 7.95. The zero-order valence-electron chi connectivity index (χ0n) is 15.6. The first-order valence-corrected chi connectivity index (χ1v) is 9.01. The summed E-state index contributed by atoms with van der Waals surface area (Å²) >= 11 is 0. The van der Waals surface area contributed by atoms with Gasteiger partial charge in [-0.1, -0.05) is 18.2 Å². The summed E-state index contributed by atoms with van der Waals surface area (Å²) in [4.78, 5) is 6.57. The standard InChI is InChI=1S/C19H31N3O3/c1-4-20-19(21-11-17(23)14-25-13-15-9-10-15)22(2)12-16-7-5-6-8-18(16)24-3/h5-8,15,17,23H,4,9-14H2,1-3H3,(H,20,21). The lowest BCUT2D eigenvalue weighted by atomic mass is 10.2. The molecule has 6 nitrogen and oxygen atoms in total. The number of para-hydroxylation sites is 1. The first kappa shape index (κ1) is 19.5. The van der Waals surface area contributed by atoms with Crippen molar-refractivity contribution in [3.8, 4) is 5.75 Å². The van der Waals surface area contributed by atoms with E-state index in [1.807, 2.05) is 43.1 Å². The third-order valence-electron chi connectivity index (χ3n) is 4.11. The van der Waals surface area contributed by atoms with Gasteiger partial charge >= 0.3 is 0 Å². The van der Waals surface area contributed by atoms with Crippen molar-refractivity contribution in [3.63, 3.8) is 0 Å². The number of methoxy groups -OCH3 is 1. The fourth-order valence-electron chi connectivity index (χ4n) is 2.53. The van der Waals surface area contributed by atoms with Crippen LogP contribution in [0.5, 0.6) is 5.75 Å². The number of hydrogen-bond donors (Lipinski definition) is 2. The third-order valence-corrected chi connectivity index (χ3v) is 4.11. The highest BCUT2D eigenvalue weighted by molar-refractivity contribution is 5.79. The summed E-state index contributed by atoms with van der Waals surface area (Å²) in [6.07, 6.45) is 1.94. The Morgan fingerprint density at radius 2 is 2.16 bits per heavy atom. The van der Waals surface area contributed by atoms with Crippen LogP contribution in [-0.2, 0) is 11.3 Å². The van der Waals surface area contributed by atoms with Gasteiger partial charge in [0.1, 0.15) is 5.75 Å². The molecule has 0 aromatic heterocycles. The Hall–Kier alpha value is -1.79. The largest absolute Gasteiger partial charge is 0.496 e. The number of ether oxygens (including phenoxy) is 2. The van der Waals surface area contributed by atoms with Gasteiger partial charge in [-0.25, -0.2) is 0 Å². The number of hydrogen-bond acceptors (Lipinski definition) is 4. The van der Waals surface area contributed by atoms with E-state index in [1.54, 1.807) is 7.11 Å². The SMILES string of the molecule is CCNC(=NCC(O)COCC1CC1)N(C)Cc1ccccc1OC. The predicted octanol–water partition coefficient (Wildman–Crippen LogP) is 1.88. The molecule has 0 aliphatic heterocycles. The minimum Gasteiger partial charge on any atom is -0.496 e. The fourth-order valence-corrected chi connectivity index (χ4v) is 2.53. The molecule has 2 rings (SSSR count). The van der Waals surface area contributed by atoms with Crippen molar-refractivity contribution in [2.45, 2.75) is 32.4 Å². The minimum absolute atomic E-state index is 0.323.